The molecule has 1 aromatic carbocycles. The molecule has 1 fully saturated rings. The summed E-state index contributed by atoms with van der Waals surface area (Å²) in [7, 11) is 4.74. The summed E-state index contributed by atoms with van der Waals surface area (Å²) >= 11 is 0. The normalized spacial score (nSPS) is 16.8. The zero-order valence-corrected chi connectivity index (χ0v) is 15.5. The first-order valence-electron chi connectivity index (χ1n) is 8.87. The van der Waals surface area contributed by atoms with E-state index in [-0.39, 0.29) is 12.0 Å². The fourth-order valence-corrected chi connectivity index (χ4v) is 3.17. The van der Waals surface area contributed by atoms with Crippen molar-refractivity contribution in [3.63, 3.8) is 0 Å². The first-order valence-corrected chi connectivity index (χ1v) is 8.87. The third kappa shape index (κ3) is 5.34. The summed E-state index contributed by atoms with van der Waals surface area (Å²) in [5.74, 6) is 1.000. The number of hydrogen-bond acceptors (Lipinski definition) is 6. The van der Waals surface area contributed by atoms with Crippen LogP contribution in [-0.4, -0.2) is 57.9 Å². The Bertz CT molecular complexity index is 518. The number of para-hydroxylation sites is 1. The number of likely N-dealkylation sites (tertiary alicyclic amines) is 1. The molecule has 6 nitrogen and oxygen atoms in total. The number of hydrogen-bond donors (Lipinski definition) is 0. The van der Waals surface area contributed by atoms with Gasteiger partial charge in [0.15, 0.2) is 11.5 Å². The van der Waals surface area contributed by atoms with Gasteiger partial charge >= 0.3 is 5.97 Å². The Morgan fingerprint density at radius 3 is 2.16 bits per heavy atom. The monoisotopic (exact) mass is 351 g/mol. The van der Waals surface area contributed by atoms with Gasteiger partial charge in [0.05, 0.1) is 14.2 Å². The summed E-state index contributed by atoms with van der Waals surface area (Å²) in [5, 5.41) is 0. The molecule has 1 atom stereocenters. The molecule has 6 heteroatoms. The minimum absolute atomic E-state index is 0.290. The molecule has 0 spiro atoms. The second kappa shape index (κ2) is 10.3. The molecule has 0 N–H and O–H groups in total. The first-order chi connectivity index (χ1) is 12.2. The molecule has 1 saturated heterocycles. The Kier molecular flexibility index (Phi) is 8.01. The van der Waals surface area contributed by atoms with Crippen molar-refractivity contribution in [2.45, 2.75) is 38.1 Å². The van der Waals surface area contributed by atoms with Gasteiger partial charge in [0.25, 0.3) is 0 Å². The smallest absolute Gasteiger partial charge is 0.329 e. The fraction of sp³-hybridized carbons (Fsp3) is 0.632. The van der Waals surface area contributed by atoms with Crippen molar-refractivity contribution in [1.82, 2.24) is 4.90 Å². The van der Waals surface area contributed by atoms with Crippen LogP contribution in [0, 0.1) is 0 Å². The molecule has 0 radical (unpaired) electrons. The number of esters is 1. The van der Waals surface area contributed by atoms with E-state index in [9.17, 15) is 4.79 Å². The Balaban J connectivity index is 2.18. The van der Waals surface area contributed by atoms with E-state index < -0.39 is 0 Å². The van der Waals surface area contributed by atoms with Gasteiger partial charge in [-0.15, -0.1) is 0 Å². The van der Waals surface area contributed by atoms with Crippen LogP contribution in [0.5, 0.6) is 17.2 Å². The lowest BCUT2D eigenvalue weighted by Crippen LogP contribution is -2.44. The van der Waals surface area contributed by atoms with Gasteiger partial charge in [-0.1, -0.05) is 18.9 Å². The standard InChI is InChI=1S/C19H29NO5/c1-22-14-11-15(20-12-6-4-5-7-13-20)19(21)25-18-16(23-2)9-8-10-17(18)24-3/h8-10,15H,4-7,11-14H2,1-3H3. The summed E-state index contributed by atoms with van der Waals surface area (Å²) < 4.78 is 21.6. The highest BCUT2D eigenvalue weighted by atomic mass is 16.6. The Morgan fingerprint density at radius 2 is 1.64 bits per heavy atom. The average Bonchev–Trinajstić information content (AvgIpc) is 2.91. The molecule has 0 aliphatic carbocycles. The highest BCUT2D eigenvalue weighted by Crippen LogP contribution is 2.37. The van der Waals surface area contributed by atoms with Gasteiger partial charge in [-0.25, -0.2) is 4.79 Å². The molecule has 0 saturated carbocycles. The van der Waals surface area contributed by atoms with E-state index in [1.54, 1.807) is 39.5 Å². The Morgan fingerprint density at radius 1 is 1.04 bits per heavy atom. The molecule has 1 unspecified atom stereocenters. The number of methoxy groups -OCH3 is 3. The molecule has 2 rings (SSSR count). The minimum Gasteiger partial charge on any atom is -0.493 e. The second-order valence-electron chi connectivity index (χ2n) is 6.16. The number of benzene rings is 1. The average molecular weight is 351 g/mol. The fourth-order valence-electron chi connectivity index (χ4n) is 3.17. The Hall–Kier alpha value is -1.79. The number of rotatable bonds is 8. The molecule has 1 heterocycles. The van der Waals surface area contributed by atoms with E-state index in [0.717, 1.165) is 25.9 Å². The molecule has 140 valence electrons. The zero-order valence-electron chi connectivity index (χ0n) is 15.5. The van der Waals surface area contributed by atoms with Gasteiger partial charge in [-0.3, -0.25) is 4.90 Å². The van der Waals surface area contributed by atoms with Crippen LogP contribution in [-0.2, 0) is 9.53 Å². The number of nitrogens with zero attached hydrogens (tertiary/aromatic N) is 1. The quantitative estimate of drug-likeness (QED) is 0.530. The largest absolute Gasteiger partial charge is 0.493 e. The van der Waals surface area contributed by atoms with Crippen LogP contribution in [0.2, 0.25) is 0 Å². The lowest BCUT2D eigenvalue weighted by Gasteiger charge is -2.29. The zero-order chi connectivity index (χ0) is 18.1. The van der Waals surface area contributed by atoms with Gasteiger partial charge < -0.3 is 18.9 Å². The molecule has 0 aromatic heterocycles. The minimum atomic E-state index is -0.326. The number of carbonyl (C=O) groups excluding carboxylic acids is 1. The van der Waals surface area contributed by atoms with Crippen molar-refractivity contribution in [2.24, 2.45) is 0 Å². The van der Waals surface area contributed by atoms with E-state index in [1.165, 1.54) is 12.8 Å². The topological polar surface area (TPSA) is 57.2 Å². The van der Waals surface area contributed by atoms with Gasteiger partial charge in [-0.2, -0.15) is 0 Å². The van der Waals surface area contributed by atoms with Crippen LogP contribution in [0.15, 0.2) is 18.2 Å². The third-order valence-corrected chi connectivity index (χ3v) is 4.53. The molecule has 0 amide bonds. The van der Waals surface area contributed by atoms with Crippen molar-refractivity contribution in [3.8, 4) is 17.2 Å². The van der Waals surface area contributed by atoms with Crippen LogP contribution in [0.25, 0.3) is 0 Å². The van der Waals surface area contributed by atoms with E-state index in [0.29, 0.717) is 30.3 Å². The van der Waals surface area contributed by atoms with Crippen LogP contribution in [0.4, 0.5) is 0 Å². The lowest BCUT2D eigenvalue weighted by atomic mass is 10.1. The summed E-state index contributed by atoms with van der Waals surface area (Å²) in [6.07, 6.45) is 5.24. The Labute approximate surface area is 150 Å². The first kappa shape index (κ1) is 19.5. The summed E-state index contributed by atoms with van der Waals surface area (Å²) in [4.78, 5) is 15.2. The maximum atomic E-state index is 12.9. The maximum absolute atomic E-state index is 12.9. The van der Waals surface area contributed by atoms with E-state index in [4.69, 9.17) is 18.9 Å². The van der Waals surface area contributed by atoms with E-state index >= 15 is 0 Å². The van der Waals surface area contributed by atoms with Crippen LogP contribution >= 0.6 is 0 Å². The molecular formula is C19H29NO5. The number of carbonyl (C=O) groups is 1. The molecule has 1 aliphatic rings. The molecule has 1 aliphatic heterocycles. The second-order valence-corrected chi connectivity index (χ2v) is 6.16. The van der Waals surface area contributed by atoms with Gasteiger partial charge in [0.1, 0.15) is 6.04 Å². The predicted molar refractivity (Wildman–Crippen MR) is 95.5 cm³/mol. The summed E-state index contributed by atoms with van der Waals surface area (Å²) in [5.41, 5.74) is 0. The van der Waals surface area contributed by atoms with Gasteiger partial charge in [-0.05, 0) is 44.5 Å². The van der Waals surface area contributed by atoms with Crippen molar-refractivity contribution in [3.05, 3.63) is 18.2 Å². The summed E-state index contributed by atoms with van der Waals surface area (Å²) in [6, 6.07) is 4.97. The van der Waals surface area contributed by atoms with Crippen molar-refractivity contribution >= 4 is 5.97 Å². The molecule has 25 heavy (non-hydrogen) atoms. The van der Waals surface area contributed by atoms with Gasteiger partial charge in [0, 0.05) is 13.7 Å². The highest BCUT2D eigenvalue weighted by molar-refractivity contribution is 5.79. The third-order valence-electron chi connectivity index (χ3n) is 4.53. The van der Waals surface area contributed by atoms with Crippen molar-refractivity contribution in [2.75, 3.05) is 41.0 Å². The lowest BCUT2D eigenvalue weighted by molar-refractivity contribution is -0.141. The number of ether oxygens (including phenoxy) is 4. The van der Waals surface area contributed by atoms with E-state index in [1.807, 2.05) is 0 Å². The van der Waals surface area contributed by atoms with Crippen LogP contribution in [0.3, 0.4) is 0 Å². The maximum Gasteiger partial charge on any atom is 0.329 e. The summed E-state index contributed by atoms with van der Waals surface area (Å²) in [6.45, 7) is 2.33. The predicted octanol–water partition coefficient (Wildman–Crippen LogP) is 2.89. The van der Waals surface area contributed by atoms with Crippen molar-refractivity contribution < 1.29 is 23.7 Å². The molecule has 1 aromatic rings. The highest BCUT2D eigenvalue weighted by Gasteiger charge is 2.29. The van der Waals surface area contributed by atoms with E-state index in [2.05, 4.69) is 4.90 Å². The molecule has 0 bridgehead atoms. The van der Waals surface area contributed by atoms with Crippen molar-refractivity contribution in [1.29, 1.82) is 0 Å². The van der Waals surface area contributed by atoms with Crippen LogP contribution in [0.1, 0.15) is 32.1 Å². The molecular weight excluding hydrogens is 322 g/mol. The SMILES string of the molecule is COCCC(C(=O)Oc1c(OC)cccc1OC)N1CCCCCC1. The van der Waals surface area contributed by atoms with Gasteiger partial charge in [0.2, 0.25) is 5.75 Å². The van der Waals surface area contributed by atoms with Crippen LogP contribution < -0.4 is 14.2 Å².